The van der Waals surface area contributed by atoms with Crippen LogP contribution in [0.25, 0.3) is 11.0 Å². The van der Waals surface area contributed by atoms with E-state index in [2.05, 4.69) is 5.32 Å². The first-order valence-electron chi connectivity index (χ1n) is 7.66. The van der Waals surface area contributed by atoms with Crippen LogP contribution >= 0.6 is 0 Å². The van der Waals surface area contributed by atoms with Gasteiger partial charge in [-0.1, -0.05) is 24.3 Å². The topological polar surface area (TPSA) is 39.0 Å². The fourth-order valence-electron chi connectivity index (χ4n) is 2.82. The summed E-state index contributed by atoms with van der Waals surface area (Å²) in [6.45, 7) is 1.39. The maximum Gasteiger partial charge on any atom is 0.328 e. The third kappa shape index (κ3) is 3.52. The van der Waals surface area contributed by atoms with Crippen LogP contribution in [0.3, 0.4) is 0 Å². The smallest absolute Gasteiger partial charge is 0.328 e. The molecule has 0 bridgehead atoms. The highest BCUT2D eigenvalue weighted by Crippen LogP contribution is 2.14. The molecule has 0 aliphatic rings. The van der Waals surface area contributed by atoms with Gasteiger partial charge >= 0.3 is 5.69 Å². The molecule has 3 rings (SSSR count). The van der Waals surface area contributed by atoms with Gasteiger partial charge in [-0.25, -0.2) is 9.18 Å². The second-order valence-electron chi connectivity index (χ2n) is 5.74. The predicted octanol–water partition coefficient (Wildman–Crippen LogP) is -0.648. The Bertz CT molecular complexity index is 901. The molecule has 0 atom stereocenters. The second kappa shape index (κ2) is 7.64. The van der Waals surface area contributed by atoms with Crippen LogP contribution in [0.2, 0.25) is 0 Å². The molecule has 24 heavy (non-hydrogen) atoms. The first-order chi connectivity index (χ1) is 11.1. The lowest BCUT2D eigenvalue weighted by atomic mass is 10.1. The van der Waals surface area contributed by atoms with Gasteiger partial charge in [-0.3, -0.25) is 9.13 Å². The Kier molecular flexibility index (Phi) is 5.80. The van der Waals surface area contributed by atoms with Crippen molar-refractivity contribution >= 4 is 11.0 Å². The van der Waals surface area contributed by atoms with Crippen molar-refractivity contribution in [3.63, 3.8) is 0 Å². The highest BCUT2D eigenvalue weighted by Gasteiger charge is 2.08. The number of halogens is 2. The average Bonchev–Trinajstić information content (AvgIpc) is 2.77. The molecule has 0 unspecified atom stereocenters. The first kappa shape index (κ1) is 18.2. The lowest BCUT2D eigenvalue weighted by Gasteiger charge is -2.07. The molecule has 1 aromatic heterocycles. The molecule has 0 radical (unpaired) electrons. The summed E-state index contributed by atoms with van der Waals surface area (Å²) in [6.07, 6.45) is 0.652. The fraction of sp³-hybridized carbons (Fsp3) is 0.278. The third-order valence-electron chi connectivity index (χ3n) is 4.19. The summed E-state index contributed by atoms with van der Waals surface area (Å²) in [5.41, 5.74) is 3.65. The zero-order valence-electron chi connectivity index (χ0n) is 13.7. The maximum absolute atomic E-state index is 13.5. The molecule has 0 spiro atoms. The first-order valence-corrected chi connectivity index (χ1v) is 7.66. The van der Waals surface area contributed by atoms with Gasteiger partial charge in [0.25, 0.3) is 0 Å². The highest BCUT2D eigenvalue weighted by molar-refractivity contribution is 5.76. The van der Waals surface area contributed by atoms with E-state index in [1.54, 1.807) is 29.3 Å². The molecular weight excluding hydrogens is 329 g/mol. The lowest BCUT2D eigenvalue weighted by molar-refractivity contribution is -0.00000541. The molecule has 0 amide bonds. The zero-order valence-corrected chi connectivity index (χ0v) is 14.5. The number of imidazole rings is 1. The number of aryl methyl sites for hydroxylation is 2. The molecule has 2 aromatic carbocycles. The number of aromatic nitrogens is 2. The number of benzene rings is 2. The zero-order chi connectivity index (χ0) is 16.4. The van der Waals surface area contributed by atoms with Crippen LogP contribution < -0.4 is 23.4 Å². The van der Waals surface area contributed by atoms with Crippen molar-refractivity contribution in [2.75, 3.05) is 6.54 Å². The van der Waals surface area contributed by atoms with Crippen molar-refractivity contribution in [2.24, 2.45) is 14.1 Å². The summed E-state index contributed by atoms with van der Waals surface area (Å²) >= 11 is 0. The minimum Gasteiger partial charge on any atom is -1.00 e. The van der Waals surface area contributed by atoms with E-state index in [1.807, 2.05) is 30.3 Å². The summed E-state index contributed by atoms with van der Waals surface area (Å²) in [5.74, 6) is -0.157. The Morgan fingerprint density at radius 1 is 1.04 bits per heavy atom. The molecule has 0 fully saturated rings. The van der Waals surface area contributed by atoms with E-state index in [4.69, 9.17) is 0 Å². The number of nitrogens with zero attached hydrogens (tertiary/aromatic N) is 2. The molecule has 4 nitrogen and oxygen atoms in total. The van der Waals surface area contributed by atoms with Crippen molar-refractivity contribution in [3.8, 4) is 0 Å². The van der Waals surface area contributed by atoms with Gasteiger partial charge in [0.2, 0.25) is 0 Å². The Balaban J connectivity index is 0.00000208. The van der Waals surface area contributed by atoms with Crippen LogP contribution in [-0.4, -0.2) is 15.7 Å². The van der Waals surface area contributed by atoms with Gasteiger partial charge < -0.3 is 17.7 Å². The predicted molar refractivity (Wildman–Crippen MR) is 90.0 cm³/mol. The molecule has 6 heteroatoms. The van der Waals surface area contributed by atoms with Crippen LogP contribution in [0.15, 0.2) is 47.3 Å². The van der Waals surface area contributed by atoms with Gasteiger partial charge in [-0.15, -0.1) is 0 Å². The Labute approximate surface area is 146 Å². The van der Waals surface area contributed by atoms with Crippen LogP contribution in [-0.2, 0) is 27.1 Å². The van der Waals surface area contributed by atoms with Crippen molar-refractivity contribution in [2.45, 2.75) is 13.0 Å². The normalized spacial score (nSPS) is 10.8. The van der Waals surface area contributed by atoms with Gasteiger partial charge in [-0.2, -0.15) is 0 Å². The molecule has 3 aromatic rings. The van der Waals surface area contributed by atoms with E-state index in [1.165, 1.54) is 6.07 Å². The van der Waals surface area contributed by atoms with E-state index >= 15 is 0 Å². The summed E-state index contributed by atoms with van der Waals surface area (Å²) < 4.78 is 16.8. The summed E-state index contributed by atoms with van der Waals surface area (Å²) in [4.78, 5) is 11.9. The van der Waals surface area contributed by atoms with Gasteiger partial charge in [0.1, 0.15) is 5.82 Å². The highest BCUT2D eigenvalue weighted by atomic mass is 35.5. The molecule has 1 N–H and O–H groups in total. The van der Waals surface area contributed by atoms with Crippen molar-refractivity contribution in [3.05, 3.63) is 69.9 Å². The average molecular weight is 349 g/mol. The molecule has 0 saturated carbocycles. The number of hydrogen-bond donors (Lipinski definition) is 1. The lowest BCUT2D eigenvalue weighted by Crippen LogP contribution is -3.00. The Morgan fingerprint density at radius 3 is 2.50 bits per heavy atom. The minimum absolute atomic E-state index is 0. The number of nitrogens with one attached hydrogen (secondary N) is 1. The molecule has 0 aliphatic heterocycles. The molecule has 128 valence electrons. The summed E-state index contributed by atoms with van der Waals surface area (Å²) in [6, 6.07) is 12.8. The van der Waals surface area contributed by atoms with Crippen molar-refractivity contribution in [1.82, 2.24) is 14.5 Å². The van der Waals surface area contributed by atoms with Gasteiger partial charge in [0.05, 0.1) is 11.0 Å². The molecular formula is C18H20ClFN3O-. The van der Waals surface area contributed by atoms with Crippen molar-refractivity contribution < 1.29 is 16.8 Å². The third-order valence-corrected chi connectivity index (χ3v) is 4.19. The van der Waals surface area contributed by atoms with E-state index in [0.717, 1.165) is 22.2 Å². The SMILES string of the molecule is Cn1c(=O)n(C)c2cc(CNCCc3ccccc3F)ccc21.[Cl-]. The van der Waals surface area contributed by atoms with E-state index < -0.39 is 0 Å². The number of hydrogen-bond acceptors (Lipinski definition) is 2. The quantitative estimate of drug-likeness (QED) is 0.623. The fourth-order valence-corrected chi connectivity index (χ4v) is 2.82. The van der Waals surface area contributed by atoms with Crippen LogP contribution in [0.4, 0.5) is 4.39 Å². The van der Waals surface area contributed by atoms with Gasteiger partial charge in [-0.05, 0) is 42.3 Å². The summed E-state index contributed by atoms with van der Waals surface area (Å²) in [5, 5.41) is 3.32. The van der Waals surface area contributed by atoms with Gasteiger partial charge in [0.15, 0.2) is 0 Å². The molecule has 0 aliphatic carbocycles. The summed E-state index contributed by atoms with van der Waals surface area (Å²) in [7, 11) is 3.55. The van der Waals surface area contributed by atoms with E-state index in [-0.39, 0.29) is 23.9 Å². The second-order valence-corrected chi connectivity index (χ2v) is 5.74. The van der Waals surface area contributed by atoms with Crippen LogP contribution in [0.1, 0.15) is 11.1 Å². The minimum atomic E-state index is -0.157. The monoisotopic (exact) mass is 348 g/mol. The van der Waals surface area contributed by atoms with E-state index in [0.29, 0.717) is 19.5 Å². The molecule has 1 heterocycles. The largest absolute Gasteiger partial charge is 1.00 e. The Hall–Kier alpha value is -2.11. The molecule has 0 saturated heterocycles. The maximum atomic E-state index is 13.5. The number of fused-ring (bicyclic) bond motifs is 1. The van der Waals surface area contributed by atoms with Crippen LogP contribution in [0, 0.1) is 5.82 Å². The standard InChI is InChI=1S/C18H20FN3O.ClH/c1-21-16-8-7-13(11-17(16)22(2)18(21)23)12-20-10-9-14-5-3-4-6-15(14)19;/h3-8,11,20H,9-10,12H2,1-2H3;1H/p-1. The number of rotatable bonds is 5. The Morgan fingerprint density at radius 2 is 1.75 bits per heavy atom. The van der Waals surface area contributed by atoms with Gasteiger partial charge in [0, 0.05) is 20.6 Å². The van der Waals surface area contributed by atoms with Crippen LogP contribution in [0.5, 0.6) is 0 Å². The van der Waals surface area contributed by atoms with Crippen molar-refractivity contribution in [1.29, 1.82) is 0 Å². The van der Waals surface area contributed by atoms with E-state index in [9.17, 15) is 9.18 Å².